The van der Waals surface area contributed by atoms with E-state index in [9.17, 15) is 9.59 Å². The molecule has 2 amide bonds. The van der Waals surface area contributed by atoms with E-state index in [-0.39, 0.29) is 17.7 Å². The Balaban J connectivity index is 1.39. The van der Waals surface area contributed by atoms with Gasteiger partial charge in [0.25, 0.3) is 0 Å². The highest BCUT2D eigenvalue weighted by Crippen LogP contribution is 2.18. The SMILES string of the molecule is Cn1ccnc1CCNC(=O)C1CCN(C(=O)Cc2ccccc2)CC1. The molecule has 0 spiro atoms. The fourth-order valence-electron chi connectivity index (χ4n) is 3.35. The standard InChI is InChI=1S/C20H26N4O2/c1-23-14-11-21-18(23)7-10-22-20(26)17-8-12-24(13-9-17)19(25)15-16-5-3-2-4-6-16/h2-6,11,14,17H,7-10,12-13,15H2,1H3,(H,22,26). The number of benzene rings is 1. The van der Waals surface area contributed by atoms with Crippen molar-refractivity contribution in [3.63, 3.8) is 0 Å². The van der Waals surface area contributed by atoms with Gasteiger partial charge in [0, 0.05) is 51.4 Å². The number of nitrogens with zero attached hydrogens (tertiary/aromatic N) is 3. The molecule has 6 nitrogen and oxygen atoms in total. The molecule has 26 heavy (non-hydrogen) atoms. The van der Waals surface area contributed by atoms with Crippen molar-refractivity contribution in [3.05, 3.63) is 54.1 Å². The van der Waals surface area contributed by atoms with Gasteiger partial charge in [0.15, 0.2) is 0 Å². The Kier molecular flexibility index (Phi) is 6.04. The highest BCUT2D eigenvalue weighted by Gasteiger charge is 2.27. The number of imidazole rings is 1. The van der Waals surface area contributed by atoms with Crippen LogP contribution in [-0.2, 0) is 29.5 Å². The molecule has 1 fully saturated rings. The van der Waals surface area contributed by atoms with E-state index in [0.717, 1.165) is 30.7 Å². The number of hydrogen-bond acceptors (Lipinski definition) is 3. The molecule has 0 bridgehead atoms. The Morgan fingerprint density at radius 2 is 1.92 bits per heavy atom. The first-order chi connectivity index (χ1) is 12.6. The van der Waals surface area contributed by atoms with Crippen LogP contribution >= 0.6 is 0 Å². The number of likely N-dealkylation sites (tertiary alicyclic amines) is 1. The maximum Gasteiger partial charge on any atom is 0.226 e. The normalized spacial score (nSPS) is 15.0. The molecule has 2 aromatic rings. The van der Waals surface area contributed by atoms with Gasteiger partial charge in [0.1, 0.15) is 5.82 Å². The van der Waals surface area contributed by atoms with Gasteiger partial charge >= 0.3 is 0 Å². The Bertz CT molecular complexity index is 733. The topological polar surface area (TPSA) is 67.2 Å². The van der Waals surface area contributed by atoms with Gasteiger partial charge in [-0.3, -0.25) is 9.59 Å². The predicted molar refractivity (Wildman–Crippen MR) is 99.4 cm³/mol. The molecule has 0 saturated carbocycles. The lowest BCUT2D eigenvalue weighted by molar-refractivity contribution is -0.135. The number of carbonyl (C=O) groups excluding carboxylic acids is 2. The minimum atomic E-state index is -0.00264. The molecule has 1 saturated heterocycles. The molecule has 1 aromatic carbocycles. The van der Waals surface area contributed by atoms with E-state index in [0.29, 0.717) is 26.1 Å². The van der Waals surface area contributed by atoms with E-state index in [1.54, 1.807) is 6.20 Å². The van der Waals surface area contributed by atoms with Crippen molar-refractivity contribution in [1.29, 1.82) is 0 Å². The first kappa shape index (κ1) is 18.2. The minimum absolute atomic E-state index is 0.00264. The van der Waals surface area contributed by atoms with Gasteiger partial charge in [-0.05, 0) is 18.4 Å². The molecule has 1 aliphatic heterocycles. The molecule has 0 unspecified atom stereocenters. The Hall–Kier alpha value is -2.63. The van der Waals surface area contributed by atoms with Crippen molar-refractivity contribution >= 4 is 11.8 Å². The molecular weight excluding hydrogens is 328 g/mol. The van der Waals surface area contributed by atoms with Crippen molar-refractivity contribution < 1.29 is 9.59 Å². The maximum atomic E-state index is 12.4. The molecule has 1 N–H and O–H groups in total. The van der Waals surface area contributed by atoms with Crippen LogP contribution in [0.5, 0.6) is 0 Å². The Labute approximate surface area is 154 Å². The number of carbonyl (C=O) groups is 2. The molecule has 0 aliphatic carbocycles. The summed E-state index contributed by atoms with van der Waals surface area (Å²) in [6, 6.07) is 9.79. The zero-order chi connectivity index (χ0) is 18.4. The summed E-state index contributed by atoms with van der Waals surface area (Å²) in [7, 11) is 1.95. The number of nitrogens with one attached hydrogen (secondary N) is 1. The number of aryl methyl sites for hydroxylation is 1. The molecule has 1 aromatic heterocycles. The number of hydrogen-bond donors (Lipinski definition) is 1. The third-order valence-corrected chi connectivity index (χ3v) is 4.99. The van der Waals surface area contributed by atoms with Crippen LogP contribution in [-0.4, -0.2) is 45.9 Å². The fourth-order valence-corrected chi connectivity index (χ4v) is 3.35. The monoisotopic (exact) mass is 354 g/mol. The lowest BCUT2D eigenvalue weighted by atomic mass is 9.95. The van der Waals surface area contributed by atoms with Gasteiger partial charge in [-0.25, -0.2) is 4.98 Å². The van der Waals surface area contributed by atoms with Gasteiger partial charge in [-0.1, -0.05) is 30.3 Å². The molecule has 138 valence electrons. The summed E-state index contributed by atoms with van der Waals surface area (Å²) in [6.45, 7) is 1.91. The van der Waals surface area contributed by atoms with Crippen molar-refractivity contribution in [2.75, 3.05) is 19.6 Å². The number of rotatable bonds is 6. The van der Waals surface area contributed by atoms with Crippen molar-refractivity contribution in [1.82, 2.24) is 19.8 Å². The highest BCUT2D eigenvalue weighted by atomic mass is 16.2. The fraction of sp³-hybridized carbons (Fsp3) is 0.450. The third-order valence-electron chi connectivity index (χ3n) is 4.99. The summed E-state index contributed by atoms with van der Waals surface area (Å²) < 4.78 is 1.96. The van der Waals surface area contributed by atoms with E-state index in [1.807, 2.05) is 53.0 Å². The van der Waals surface area contributed by atoms with Crippen molar-refractivity contribution in [2.45, 2.75) is 25.7 Å². The maximum absolute atomic E-state index is 12.4. The summed E-state index contributed by atoms with van der Waals surface area (Å²) in [4.78, 5) is 30.9. The van der Waals surface area contributed by atoms with Crippen LogP contribution in [0.2, 0.25) is 0 Å². The number of amides is 2. The van der Waals surface area contributed by atoms with E-state index >= 15 is 0 Å². The Morgan fingerprint density at radius 1 is 1.19 bits per heavy atom. The number of piperidine rings is 1. The molecule has 0 radical (unpaired) electrons. The summed E-state index contributed by atoms with van der Waals surface area (Å²) in [5.74, 6) is 1.20. The highest BCUT2D eigenvalue weighted by molar-refractivity contribution is 5.81. The van der Waals surface area contributed by atoms with Gasteiger partial charge in [-0.2, -0.15) is 0 Å². The summed E-state index contributed by atoms with van der Waals surface area (Å²) in [5.41, 5.74) is 1.03. The van der Waals surface area contributed by atoms with Crippen molar-refractivity contribution in [2.24, 2.45) is 13.0 Å². The van der Waals surface area contributed by atoms with E-state index in [1.165, 1.54) is 0 Å². The largest absolute Gasteiger partial charge is 0.355 e. The second-order valence-corrected chi connectivity index (χ2v) is 6.81. The van der Waals surface area contributed by atoms with Crippen LogP contribution < -0.4 is 5.32 Å². The second-order valence-electron chi connectivity index (χ2n) is 6.81. The number of aromatic nitrogens is 2. The molecular formula is C20H26N4O2. The average Bonchev–Trinajstić information content (AvgIpc) is 3.07. The molecule has 3 rings (SSSR count). The van der Waals surface area contributed by atoms with E-state index < -0.39 is 0 Å². The van der Waals surface area contributed by atoms with E-state index in [4.69, 9.17) is 0 Å². The molecule has 2 heterocycles. The van der Waals surface area contributed by atoms with Crippen LogP contribution in [0.3, 0.4) is 0 Å². The lowest BCUT2D eigenvalue weighted by Gasteiger charge is -2.31. The van der Waals surface area contributed by atoms with Crippen LogP contribution in [0, 0.1) is 5.92 Å². The van der Waals surface area contributed by atoms with E-state index in [2.05, 4.69) is 10.3 Å². The summed E-state index contributed by atoms with van der Waals surface area (Å²) in [5, 5.41) is 3.01. The molecule has 6 heteroatoms. The van der Waals surface area contributed by atoms with Gasteiger partial charge < -0.3 is 14.8 Å². The van der Waals surface area contributed by atoms with Crippen LogP contribution in [0.15, 0.2) is 42.7 Å². The first-order valence-electron chi connectivity index (χ1n) is 9.19. The van der Waals surface area contributed by atoms with Crippen molar-refractivity contribution in [3.8, 4) is 0 Å². The predicted octanol–water partition coefficient (Wildman–Crippen LogP) is 1.56. The zero-order valence-electron chi connectivity index (χ0n) is 15.2. The Morgan fingerprint density at radius 3 is 2.58 bits per heavy atom. The lowest BCUT2D eigenvalue weighted by Crippen LogP contribution is -2.43. The van der Waals surface area contributed by atoms with Gasteiger partial charge in [0.2, 0.25) is 11.8 Å². The minimum Gasteiger partial charge on any atom is -0.355 e. The quantitative estimate of drug-likeness (QED) is 0.856. The first-order valence-corrected chi connectivity index (χ1v) is 9.19. The van der Waals surface area contributed by atoms with Crippen LogP contribution in [0.4, 0.5) is 0 Å². The second kappa shape index (κ2) is 8.65. The third kappa shape index (κ3) is 4.71. The van der Waals surface area contributed by atoms with Crippen LogP contribution in [0.1, 0.15) is 24.2 Å². The summed E-state index contributed by atoms with van der Waals surface area (Å²) >= 11 is 0. The molecule has 0 atom stereocenters. The summed E-state index contributed by atoms with van der Waals surface area (Å²) in [6.07, 6.45) is 6.28. The molecule has 1 aliphatic rings. The van der Waals surface area contributed by atoms with Crippen LogP contribution in [0.25, 0.3) is 0 Å². The van der Waals surface area contributed by atoms with Gasteiger partial charge in [0.05, 0.1) is 6.42 Å². The zero-order valence-corrected chi connectivity index (χ0v) is 15.2. The van der Waals surface area contributed by atoms with Gasteiger partial charge in [-0.15, -0.1) is 0 Å². The average molecular weight is 354 g/mol. The smallest absolute Gasteiger partial charge is 0.226 e.